The van der Waals surface area contributed by atoms with Crippen molar-refractivity contribution < 1.29 is 19.0 Å². The fourth-order valence-electron chi connectivity index (χ4n) is 3.62. The maximum absolute atomic E-state index is 12.7. The number of hydrogen-bond acceptors (Lipinski definition) is 7. The number of thioether (sulfide) groups is 1. The lowest BCUT2D eigenvalue weighted by atomic mass is 10.1. The summed E-state index contributed by atoms with van der Waals surface area (Å²) >= 11 is 1.45. The Kier molecular flexibility index (Phi) is 7.85. The van der Waals surface area contributed by atoms with Crippen LogP contribution in [0.4, 0.5) is 0 Å². The Morgan fingerprint density at radius 3 is 2.48 bits per heavy atom. The van der Waals surface area contributed by atoms with Gasteiger partial charge in [0.2, 0.25) is 11.1 Å². The van der Waals surface area contributed by atoms with E-state index < -0.39 is 0 Å². The minimum Gasteiger partial charge on any atom is -0.497 e. The molecule has 174 valence electrons. The first-order valence-corrected chi connectivity index (χ1v) is 11.8. The second kappa shape index (κ2) is 11.2. The Balaban J connectivity index is 1.46. The summed E-state index contributed by atoms with van der Waals surface area (Å²) in [6.45, 7) is 1.31. The largest absolute Gasteiger partial charge is 0.497 e. The van der Waals surface area contributed by atoms with Crippen molar-refractivity contribution in [2.45, 2.75) is 35.8 Å². The summed E-state index contributed by atoms with van der Waals surface area (Å²) in [6.07, 6.45) is 2.45. The van der Waals surface area contributed by atoms with E-state index in [1.807, 2.05) is 48.5 Å². The van der Waals surface area contributed by atoms with Crippen molar-refractivity contribution >= 4 is 17.7 Å². The number of ether oxygens (including phenoxy) is 3. The second-order valence-corrected chi connectivity index (χ2v) is 8.89. The van der Waals surface area contributed by atoms with E-state index in [0.717, 1.165) is 42.1 Å². The van der Waals surface area contributed by atoms with Crippen molar-refractivity contribution in [1.82, 2.24) is 20.5 Å². The first kappa shape index (κ1) is 23.1. The van der Waals surface area contributed by atoms with Crippen LogP contribution in [-0.2, 0) is 9.53 Å². The number of rotatable bonds is 10. The smallest absolute Gasteiger partial charge is 0.221 e. The van der Waals surface area contributed by atoms with E-state index in [1.54, 1.807) is 14.2 Å². The van der Waals surface area contributed by atoms with Crippen LogP contribution in [0.2, 0.25) is 0 Å². The number of amides is 1. The molecule has 33 heavy (non-hydrogen) atoms. The van der Waals surface area contributed by atoms with Crippen molar-refractivity contribution in [3.8, 4) is 22.9 Å². The number of carbonyl (C=O) groups excluding carboxylic acids is 1. The summed E-state index contributed by atoms with van der Waals surface area (Å²) in [5.74, 6) is 2.19. The van der Waals surface area contributed by atoms with Crippen LogP contribution in [0.1, 0.15) is 30.1 Å². The number of H-pyrrole nitrogens is 1. The molecule has 1 aliphatic heterocycles. The van der Waals surface area contributed by atoms with Crippen LogP contribution < -0.4 is 14.8 Å². The van der Waals surface area contributed by atoms with E-state index in [4.69, 9.17) is 14.2 Å². The first-order chi connectivity index (χ1) is 16.1. The summed E-state index contributed by atoms with van der Waals surface area (Å²) in [5, 5.41) is 10.8. The number of aromatic nitrogens is 3. The van der Waals surface area contributed by atoms with Crippen LogP contribution in [0.25, 0.3) is 11.4 Å². The van der Waals surface area contributed by atoms with E-state index >= 15 is 0 Å². The number of methoxy groups -OCH3 is 2. The molecular weight excluding hydrogens is 440 g/mol. The van der Waals surface area contributed by atoms with Gasteiger partial charge in [0.25, 0.3) is 0 Å². The molecule has 2 heterocycles. The van der Waals surface area contributed by atoms with Crippen LogP contribution in [-0.4, -0.2) is 54.6 Å². The molecule has 1 amide bonds. The number of nitrogens with zero attached hydrogens (tertiary/aromatic N) is 2. The fraction of sp³-hybridized carbons (Fsp3) is 0.375. The molecule has 2 aromatic carbocycles. The van der Waals surface area contributed by atoms with Crippen LogP contribution in [0, 0.1) is 0 Å². The summed E-state index contributed by atoms with van der Waals surface area (Å²) in [4.78, 5) is 17.3. The predicted octanol–water partition coefficient (Wildman–Crippen LogP) is 4.01. The third-order valence-electron chi connectivity index (χ3n) is 5.49. The maximum Gasteiger partial charge on any atom is 0.221 e. The highest BCUT2D eigenvalue weighted by Gasteiger charge is 2.22. The van der Waals surface area contributed by atoms with Crippen molar-refractivity contribution in [1.29, 1.82) is 0 Å². The Hall–Kier alpha value is -3.04. The molecule has 9 heteroatoms. The lowest BCUT2D eigenvalue weighted by Gasteiger charge is -2.17. The van der Waals surface area contributed by atoms with Gasteiger partial charge in [0, 0.05) is 30.4 Å². The topological polar surface area (TPSA) is 98.4 Å². The predicted molar refractivity (Wildman–Crippen MR) is 127 cm³/mol. The summed E-state index contributed by atoms with van der Waals surface area (Å²) in [5.41, 5.74) is 1.91. The summed E-state index contributed by atoms with van der Waals surface area (Å²) < 4.78 is 16.1. The monoisotopic (exact) mass is 468 g/mol. The molecule has 3 aromatic rings. The van der Waals surface area contributed by atoms with Gasteiger partial charge in [0.15, 0.2) is 5.82 Å². The number of benzene rings is 2. The van der Waals surface area contributed by atoms with Crippen LogP contribution in [0.15, 0.2) is 53.7 Å². The Morgan fingerprint density at radius 2 is 1.85 bits per heavy atom. The average molecular weight is 469 g/mol. The lowest BCUT2D eigenvalue weighted by Crippen LogP contribution is -2.32. The molecule has 1 fully saturated rings. The van der Waals surface area contributed by atoms with E-state index in [0.29, 0.717) is 23.9 Å². The van der Waals surface area contributed by atoms with Crippen molar-refractivity contribution in [3.05, 3.63) is 54.1 Å². The molecule has 8 nitrogen and oxygen atoms in total. The zero-order valence-electron chi connectivity index (χ0n) is 18.7. The minimum atomic E-state index is -0.153. The lowest BCUT2D eigenvalue weighted by molar-refractivity contribution is -0.121. The van der Waals surface area contributed by atoms with Gasteiger partial charge in [-0.15, -0.1) is 5.10 Å². The Labute approximate surface area is 197 Å². The van der Waals surface area contributed by atoms with Crippen LogP contribution in [0.5, 0.6) is 11.5 Å². The van der Waals surface area contributed by atoms with E-state index in [2.05, 4.69) is 20.5 Å². The van der Waals surface area contributed by atoms with Crippen molar-refractivity contribution in [3.63, 3.8) is 0 Å². The zero-order chi connectivity index (χ0) is 23.0. The molecule has 2 N–H and O–H groups in total. The standard InChI is InChI=1S/C24H28N4O4S/c1-30-18-9-5-16(6-10-18)21(14-22(29)25-15-20-4-3-13-32-20)33-24-26-23(27-28-24)17-7-11-19(31-2)12-8-17/h5-12,20-21H,3-4,13-15H2,1-2H3,(H,25,29)(H,26,27,28)/t20-,21+/m0/s1. The van der Waals surface area contributed by atoms with Gasteiger partial charge < -0.3 is 19.5 Å². The van der Waals surface area contributed by atoms with Crippen molar-refractivity contribution in [2.24, 2.45) is 0 Å². The molecule has 1 aliphatic rings. The van der Waals surface area contributed by atoms with Gasteiger partial charge in [-0.05, 0) is 54.8 Å². The number of aromatic amines is 1. The summed E-state index contributed by atoms with van der Waals surface area (Å²) in [6, 6.07) is 15.3. The molecule has 4 rings (SSSR count). The Bertz CT molecular complexity index is 1030. The van der Waals surface area contributed by atoms with Gasteiger partial charge >= 0.3 is 0 Å². The molecule has 0 radical (unpaired) electrons. The molecule has 1 saturated heterocycles. The molecule has 0 spiro atoms. The zero-order valence-corrected chi connectivity index (χ0v) is 19.6. The molecule has 0 bridgehead atoms. The number of carbonyl (C=O) groups is 1. The van der Waals surface area contributed by atoms with Gasteiger partial charge in [-0.2, -0.15) is 0 Å². The molecule has 0 unspecified atom stereocenters. The highest BCUT2D eigenvalue weighted by molar-refractivity contribution is 7.99. The van der Waals surface area contributed by atoms with Gasteiger partial charge in [-0.1, -0.05) is 23.9 Å². The second-order valence-electron chi connectivity index (χ2n) is 7.72. The van der Waals surface area contributed by atoms with E-state index in [-0.39, 0.29) is 17.3 Å². The first-order valence-electron chi connectivity index (χ1n) is 10.9. The highest BCUT2D eigenvalue weighted by Crippen LogP contribution is 2.37. The quantitative estimate of drug-likeness (QED) is 0.434. The minimum absolute atomic E-state index is 0.0234. The fourth-order valence-corrected chi connectivity index (χ4v) is 4.65. The van der Waals surface area contributed by atoms with Crippen LogP contribution >= 0.6 is 11.8 Å². The molecular formula is C24H28N4O4S. The number of hydrogen-bond donors (Lipinski definition) is 2. The summed E-state index contributed by atoms with van der Waals surface area (Å²) in [7, 11) is 3.27. The van der Waals surface area contributed by atoms with Crippen LogP contribution in [0.3, 0.4) is 0 Å². The normalized spacial score (nSPS) is 16.4. The third-order valence-corrected chi connectivity index (χ3v) is 6.60. The van der Waals surface area contributed by atoms with Gasteiger partial charge in [0.1, 0.15) is 11.5 Å². The molecule has 1 aromatic heterocycles. The van der Waals surface area contributed by atoms with Gasteiger partial charge in [-0.25, -0.2) is 4.98 Å². The molecule has 2 atom stereocenters. The third kappa shape index (κ3) is 6.27. The van der Waals surface area contributed by atoms with E-state index in [1.165, 1.54) is 11.8 Å². The van der Waals surface area contributed by atoms with Gasteiger partial charge in [-0.3, -0.25) is 9.89 Å². The highest BCUT2D eigenvalue weighted by atomic mass is 32.2. The van der Waals surface area contributed by atoms with E-state index in [9.17, 15) is 4.79 Å². The average Bonchev–Trinajstić information content (AvgIpc) is 3.55. The Morgan fingerprint density at radius 1 is 1.15 bits per heavy atom. The van der Waals surface area contributed by atoms with Gasteiger partial charge in [0.05, 0.1) is 20.3 Å². The molecule has 0 aliphatic carbocycles. The molecule has 0 saturated carbocycles. The SMILES string of the molecule is COc1ccc(-c2nc(S[C@H](CC(=O)NC[C@@H]3CCCO3)c3ccc(OC)cc3)n[nH]2)cc1. The van der Waals surface area contributed by atoms with Crippen molar-refractivity contribution in [2.75, 3.05) is 27.4 Å². The number of nitrogens with one attached hydrogen (secondary N) is 2. The maximum atomic E-state index is 12.7.